The molecule has 0 fully saturated rings. The van der Waals surface area contributed by atoms with Crippen molar-refractivity contribution in [1.29, 1.82) is 0 Å². The number of rotatable bonds is 3. The standard InChI is InChI=1S/C12H9Cl3N2OS/c13-8-3-6(4-9(14)11(8)16)12(18)17-5-7-1-2-10(15)19-7/h1-4H,5,16H2,(H,17,18). The van der Waals surface area contributed by atoms with Crippen LogP contribution in [0.1, 0.15) is 15.2 Å². The molecule has 1 aromatic heterocycles. The first kappa shape index (κ1) is 14.5. The minimum absolute atomic E-state index is 0.261. The number of anilines is 1. The number of nitrogen functional groups attached to an aromatic ring is 1. The Kier molecular flexibility index (Phi) is 4.58. The van der Waals surface area contributed by atoms with Gasteiger partial charge in [-0.15, -0.1) is 11.3 Å². The molecule has 1 heterocycles. The fraction of sp³-hybridized carbons (Fsp3) is 0.0833. The number of amides is 1. The summed E-state index contributed by atoms with van der Waals surface area (Å²) in [5, 5.41) is 3.28. The van der Waals surface area contributed by atoms with Crippen LogP contribution in [0.25, 0.3) is 0 Å². The summed E-state index contributed by atoms with van der Waals surface area (Å²) < 4.78 is 0.683. The third-order valence-corrected chi connectivity index (χ3v) is 4.25. The van der Waals surface area contributed by atoms with Crippen LogP contribution in [0, 0.1) is 0 Å². The lowest BCUT2D eigenvalue weighted by atomic mass is 10.2. The summed E-state index contributed by atoms with van der Waals surface area (Å²) in [5.74, 6) is -0.270. The van der Waals surface area contributed by atoms with Crippen molar-refractivity contribution < 1.29 is 4.79 Å². The average Bonchev–Trinajstić information content (AvgIpc) is 2.78. The molecule has 0 bridgehead atoms. The molecular weight excluding hydrogens is 327 g/mol. The van der Waals surface area contributed by atoms with E-state index in [4.69, 9.17) is 40.5 Å². The van der Waals surface area contributed by atoms with E-state index in [1.165, 1.54) is 23.5 Å². The highest BCUT2D eigenvalue weighted by molar-refractivity contribution is 7.16. The van der Waals surface area contributed by atoms with Gasteiger partial charge in [0.05, 0.1) is 26.6 Å². The van der Waals surface area contributed by atoms with E-state index in [1.54, 1.807) is 6.07 Å². The molecule has 0 aliphatic rings. The Balaban J connectivity index is 2.08. The molecule has 100 valence electrons. The molecule has 0 spiro atoms. The van der Waals surface area contributed by atoms with Crippen molar-refractivity contribution in [2.75, 3.05) is 5.73 Å². The van der Waals surface area contributed by atoms with Gasteiger partial charge in [-0.25, -0.2) is 0 Å². The number of thiophene rings is 1. The van der Waals surface area contributed by atoms with Gasteiger partial charge in [-0.2, -0.15) is 0 Å². The second kappa shape index (κ2) is 6.01. The maximum Gasteiger partial charge on any atom is 0.251 e. The first-order valence-electron chi connectivity index (χ1n) is 5.24. The van der Waals surface area contributed by atoms with Crippen LogP contribution in [0.5, 0.6) is 0 Å². The Hall–Kier alpha value is -0.940. The van der Waals surface area contributed by atoms with Crippen LogP contribution >= 0.6 is 46.1 Å². The Labute approximate surface area is 129 Å². The monoisotopic (exact) mass is 334 g/mol. The van der Waals surface area contributed by atoms with Gasteiger partial charge in [0.15, 0.2) is 0 Å². The van der Waals surface area contributed by atoms with Crippen LogP contribution in [0.4, 0.5) is 5.69 Å². The van der Waals surface area contributed by atoms with Crippen molar-refractivity contribution >= 4 is 57.7 Å². The molecule has 1 aromatic carbocycles. The van der Waals surface area contributed by atoms with Crippen LogP contribution in [0.15, 0.2) is 24.3 Å². The Bertz CT molecular complexity index is 604. The number of nitrogens with two attached hydrogens (primary N) is 1. The number of benzene rings is 1. The summed E-state index contributed by atoms with van der Waals surface area (Å²) in [6.45, 7) is 0.399. The van der Waals surface area contributed by atoms with Crippen molar-refractivity contribution in [3.8, 4) is 0 Å². The van der Waals surface area contributed by atoms with Crippen molar-refractivity contribution in [1.82, 2.24) is 5.32 Å². The van der Waals surface area contributed by atoms with Crippen molar-refractivity contribution in [2.45, 2.75) is 6.54 Å². The zero-order chi connectivity index (χ0) is 14.0. The maximum absolute atomic E-state index is 11.9. The highest BCUT2D eigenvalue weighted by Gasteiger charge is 2.11. The lowest BCUT2D eigenvalue weighted by Crippen LogP contribution is -2.22. The molecule has 1 amide bonds. The number of hydrogen-bond acceptors (Lipinski definition) is 3. The van der Waals surface area contributed by atoms with Gasteiger partial charge in [0, 0.05) is 10.4 Å². The molecule has 7 heteroatoms. The molecule has 0 unspecified atom stereocenters. The summed E-state index contributed by atoms with van der Waals surface area (Å²) in [4.78, 5) is 12.9. The van der Waals surface area contributed by atoms with Crippen molar-refractivity contribution in [3.05, 3.63) is 49.1 Å². The highest BCUT2D eigenvalue weighted by Crippen LogP contribution is 2.29. The van der Waals surface area contributed by atoms with E-state index in [-0.39, 0.29) is 21.6 Å². The average molecular weight is 336 g/mol. The molecule has 0 aliphatic carbocycles. The first-order chi connectivity index (χ1) is 8.97. The van der Waals surface area contributed by atoms with Gasteiger partial charge in [0.2, 0.25) is 0 Å². The molecule has 0 saturated carbocycles. The quantitative estimate of drug-likeness (QED) is 0.825. The predicted molar refractivity (Wildman–Crippen MR) is 81.4 cm³/mol. The number of carbonyl (C=O) groups excluding carboxylic acids is 1. The number of halogens is 3. The molecule has 2 aromatic rings. The largest absolute Gasteiger partial charge is 0.396 e. The molecule has 3 nitrogen and oxygen atoms in total. The van der Waals surface area contributed by atoms with Gasteiger partial charge in [-0.1, -0.05) is 34.8 Å². The second-order valence-electron chi connectivity index (χ2n) is 3.74. The van der Waals surface area contributed by atoms with Crippen molar-refractivity contribution in [3.63, 3.8) is 0 Å². The molecule has 0 saturated heterocycles. The maximum atomic E-state index is 11.9. The van der Waals surface area contributed by atoms with Gasteiger partial charge in [-0.05, 0) is 24.3 Å². The second-order valence-corrected chi connectivity index (χ2v) is 6.36. The molecule has 3 N–H and O–H groups in total. The van der Waals surface area contributed by atoms with Gasteiger partial charge >= 0.3 is 0 Å². The zero-order valence-electron chi connectivity index (χ0n) is 9.54. The number of carbonyl (C=O) groups is 1. The fourth-order valence-electron chi connectivity index (χ4n) is 1.43. The molecule has 2 rings (SSSR count). The van der Waals surface area contributed by atoms with E-state index in [2.05, 4.69) is 5.32 Å². The SMILES string of the molecule is Nc1c(Cl)cc(C(=O)NCc2ccc(Cl)s2)cc1Cl. The third-order valence-electron chi connectivity index (χ3n) is 2.39. The van der Waals surface area contributed by atoms with Gasteiger partial charge in [0.1, 0.15) is 0 Å². The summed E-state index contributed by atoms with van der Waals surface area (Å²) >= 11 is 19.0. The van der Waals surface area contributed by atoms with Crippen LogP contribution in [0.2, 0.25) is 14.4 Å². The number of nitrogens with one attached hydrogen (secondary N) is 1. The lowest BCUT2D eigenvalue weighted by Gasteiger charge is -2.07. The van der Waals surface area contributed by atoms with Crippen LogP contribution < -0.4 is 11.1 Å². The van der Waals surface area contributed by atoms with E-state index in [1.807, 2.05) is 6.07 Å². The van der Waals surface area contributed by atoms with Crippen LogP contribution in [-0.2, 0) is 6.54 Å². The topological polar surface area (TPSA) is 55.1 Å². The minimum atomic E-state index is -0.270. The third kappa shape index (κ3) is 3.54. The minimum Gasteiger partial charge on any atom is -0.396 e. The zero-order valence-corrected chi connectivity index (χ0v) is 12.6. The number of hydrogen-bond donors (Lipinski definition) is 2. The Morgan fingerprint density at radius 2 is 1.84 bits per heavy atom. The molecule has 0 radical (unpaired) electrons. The summed E-state index contributed by atoms with van der Waals surface area (Å²) in [5.41, 5.74) is 6.25. The van der Waals surface area contributed by atoms with Gasteiger partial charge in [-0.3, -0.25) is 4.79 Å². The van der Waals surface area contributed by atoms with E-state index in [9.17, 15) is 4.79 Å². The normalized spacial score (nSPS) is 10.5. The Morgan fingerprint density at radius 3 is 2.37 bits per heavy atom. The lowest BCUT2D eigenvalue weighted by molar-refractivity contribution is 0.0951. The van der Waals surface area contributed by atoms with Crippen LogP contribution in [0.3, 0.4) is 0 Å². The van der Waals surface area contributed by atoms with Gasteiger partial charge < -0.3 is 11.1 Å². The van der Waals surface area contributed by atoms with E-state index in [0.29, 0.717) is 16.4 Å². The van der Waals surface area contributed by atoms with Gasteiger partial charge in [0.25, 0.3) is 5.91 Å². The van der Waals surface area contributed by atoms with Crippen LogP contribution in [-0.4, -0.2) is 5.91 Å². The first-order valence-corrected chi connectivity index (χ1v) is 7.19. The smallest absolute Gasteiger partial charge is 0.251 e. The fourth-order valence-corrected chi connectivity index (χ4v) is 2.95. The summed E-state index contributed by atoms with van der Waals surface area (Å²) in [6.07, 6.45) is 0. The summed E-state index contributed by atoms with van der Waals surface area (Å²) in [7, 11) is 0. The molecule has 19 heavy (non-hydrogen) atoms. The molecule has 0 atom stereocenters. The summed E-state index contributed by atoms with van der Waals surface area (Å²) in [6, 6.07) is 6.61. The predicted octanol–water partition coefficient (Wildman–Crippen LogP) is 4.22. The van der Waals surface area contributed by atoms with E-state index >= 15 is 0 Å². The van der Waals surface area contributed by atoms with E-state index in [0.717, 1.165) is 4.88 Å². The van der Waals surface area contributed by atoms with Crippen molar-refractivity contribution in [2.24, 2.45) is 0 Å². The molecule has 0 aliphatic heterocycles. The Morgan fingerprint density at radius 1 is 1.21 bits per heavy atom. The highest BCUT2D eigenvalue weighted by atomic mass is 35.5. The van der Waals surface area contributed by atoms with E-state index < -0.39 is 0 Å². The molecular formula is C12H9Cl3N2OS.